The lowest BCUT2D eigenvalue weighted by atomic mass is 9.94. The zero-order valence-corrected chi connectivity index (χ0v) is 12.8. The largest absolute Gasteiger partial charge is 0.369 e. The first-order valence-corrected chi connectivity index (χ1v) is 7.69. The highest BCUT2D eigenvalue weighted by Crippen LogP contribution is 2.20. The number of amides is 1. The van der Waals surface area contributed by atoms with Gasteiger partial charge in [-0.25, -0.2) is 0 Å². The molecule has 1 aliphatic heterocycles. The highest BCUT2D eigenvalue weighted by atomic mass is 16.1. The van der Waals surface area contributed by atoms with Gasteiger partial charge >= 0.3 is 0 Å². The van der Waals surface area contributed by atoms with Crippen molar-refractivity contribution in [2.24, 2.45) is 11.7 Å². The van der Waals surface area contributed by atoms with Crippen molar-refractivity contribution < 1.29 is 9.59 Å². The number of benzene rings is 1. The number of nitrogens with two attached hydrogens (primary N) is 1. The van der Waals surface area contributed by atoms with E-state index in [9.17, 15) is 9.59 Å². The van der Waals surface area contributed by atoms with Gasteiger partial charge in [-0.3, -0.25) is 14.5 Å². The van der Waals surface area contributed by atoms with Gasteiger partial charge < -0.3 is 5.73 Å². The molecule has 1 atom stereocenters. The summed E-state index contributed by atoms with van der Waals surface area (Å²) in [5.74, 6) is -0.105. The quantitative estimate of drug-likeness (QED) is 0.843. The molecule has 1 saturated heterocycles. The molecule has 1 aliphatic rings. The van der Waals surface area contributed by atoms with Crippen molar-refractivity contribution in [2.75, 3.05) is 13.1 Å². The number of hydrogen-bond acceptors (Lipinski definition) is 3. The number of likely N-dealkylation sites (tertiary alicyclic amines) is 1. The molecule has 1 heterocycles. The van der Waals surface area contributed by atoms with Crippen LogP contribution in [0.2, 0.25) is 0 Å². The van der Waals surface area contributed by atoms with Gasteiger partial charge in [0.15, 0.2) is 5.78 Å². The molecule has 0 aliphatic carbocycles. The number of rotatable bonds is 5. The molecule has 4 nitrogen and oxygen atoms in total. The molecule has 1 aromatic rings. The Bertz CT molecular complexity index is 502. The molecular weight excluding hydrogens is 264 g/mol. The Morgan fingerprint density at radius 1 is 1.24 bits per heavy atom. The summed E-state index contributed by atoms with van der Waals surface area (Å²) in [7, 11) is 0. The lowest BCUT2D eigenvalue weighted by molar-refractivity contribution is -0.123. The van der Waals surface area contributed by atoms with Gasteiger partial charge in [-0.15, -0.1) is 0 Å². The Morgan fingerprint density at radius 3 is 2.29 bits per heavy atom. The molecule has 21 heavy (non-hydrogen) atoms. The van der Waals surface area contributed by atoms with Crippen LogP contribution in [0.3, 0.4) is 0 Å². The van der Waals surface area contributed by atoms with E-state index in [2.05, 4.69) is 11.8 Å². The summed E-state index contributed by atoms with van der Waals surface area (Å²) in [6, 6.07) is 7.70. The van der Waals surface area contributed by atoms with E-state index in [4.69, 9.17) is 5.73 Å². The predicted octanol–water partition coefficient (Wildman–Crippen LogP) is 2.02. The standard InChI is InChI=1S/C17H24N2O2/c1-3-13-4-6-14(7-5-13)16(20)12(2)19-10-8-15(9-11-19)17(18)21/h4-7,12,15H,3,8-11H2,1-2H3,(H2,18,21). The SMILES string of the molecule is CCc1ccc(C(=O)C(C)N2CCC(C(N)=O)CC2)cc1. The van der Waals surface area contributed by atoms with Crippen LogP contribution in [0.5, 0.6) is 0 Å². The molecule has 0 saturated carbocycles. The molecule has 4 heteroatoms. The van der Waals surface area contributed by atoms with Gasteiger partial charge in [0.2, 0.25) is 5.91 Å². The summed E-state index contributed by atoms with van der Waals surface area (Å²) in [6.07, 6.45) is 2.48. The first kappa shape index (κ1) is 15.7. The Morgan fingerprint density at radius 2 is 1.81 bits per heavy atom. The third kappa shape index (κ3) is 3.70. The van der Waals surface area contributed by atoms with Gasteiger partial charge in [-0.05, 0) is 44.8 Å². The van der Waals surface area contributed by atoms with Crippen LogP contribution in [0, 0.1) is 5.92 Å². The predicted molar refractivity (Wildman–Crippen MR) is 83.1 cm³/mol. The maximum atomic E-state index is 12.5. The van der Waals surface area contributed by atoms with E-state index >= 15 is 0 Å². The third-order valence-electron chi connectivity index (χ3n) is 4.51. The molecule has 114 valence electrons. The zero-order chi connectivity index (χ0) is 15.4. The van der Waals surface area contributed by atoms with E-state index in [1.165, 1.54) is 5.56 Å². The number of Topliss-reactive ketones (excluding diaryl/α,β-unsaturated/α-hetero) is 1. The second-order valence-corrected chi connectivity index (χ2v) is 5.80. The smallest absolute Gasteiger partial charge is 0.220 e. The number of nitrogens with zero attached hydrogens (tertiary/aromatic N) is 1. The monoisotopic (exact) mass is 288 g/mol. The summed E-state index contributed by atoms with van der Waals surface area (Å²) >= 11 is 0. The number of primary amides is 1. The molecule has 0 aromatic heterocycles. The van der Waals surface area contributed by atoms with Crippen molar-refractivity contribution in [1.29, 1.82) is 0 Å². The highest BCUT2D eigenvalue weighted by molar-refractivity contribution is 5.99. The van der Waals surface area contributed by atoms with Crippen molar-refractivity contribution in [1.82, 2.24) is 4.90 Å². The van der Waals surface area contributed by atoms with Gasteiger partial charge in [0.25, 0.3) is 0 Å². The molecule has 1 fully saturated rings. The fourth-order valence-corrected chi connectivity index (χ4v) is 2.88. The van der Waals surface area contributed by atoms with Crippen LogP contribution in [0.25, 0.3) is 0 Å². The molecule has 2 rings (SSSR count). The zero-order valence-electron chi connectivity index (χ0n) is 12.8. The van der Waals surface area contributed by atoms with Gasteiger partial charge in [-0.1, -0.05) is 31.2 Å². The lowest BCUT2D eigenvalue weighted by Crippen LogP contribution is -2.46. The van der Waals surface area contributed by atoms with Crippen LogP contribution in [0.4, 0.5) is 0 Å². The number of aryl methyl sites for hydroxylation is 1. The number of carbonyl (C=O) groups is 2. The lowest BCUT2D eigenvalue weighted by Gasteiger charge is -2.34. The van der Waals surface area contributed by atoms with Crippen LogP contribution in [-0.4, -0.2) is 35.7 Å². The summed E-state index contributed by atoms with van der Waals surface area (Å²) in [5, 5.41) is 0. The Labute approximate surface area is 126 Å². The Hall–Kier alpha value is -1.68. The van der Waals surface area contributed by atoms with Crippen molar-refractivity contribution in [2.45, 2.75) is 39.2 Å². The minimum atomic E-state index is -0.219. The van der Waals surface area contributed by atoms with Crippen molar-refractivity contribution in [3.05, 3.63) is 35.4 Å². The third-order valence-corrected chi connectivity index (χ3v) is 4.51. The minimum absolute atomic E-state index is 0.0348. The van der Waals surface area contributed by atoms with Gasteiger partial charge in [0.05, 0.1) is 6.04 Å². The first-order chi connectivity index (χ1) is 10.0. The average molecular weight is 288 g/mol. The van der Waals surface area contributed by atoms with E-state index < -0.39 is 0 Å². The maximum absolute atomic E-state index is 12.5. The van der Waals surface area contributed by atoms with Crippen LogP contribution in [-0.2, 0) is 11.2 Å². The number of carbonyl (C=O) groups excluding carboxylic acids is 2. The fraction of sp³-hybridized carbons (Fsp3) is 0.529. The van der Waals surface area contributed by atoms with E-state index in [1.54, 1.807) is 0 Å². The van der Waals surface area contributed by atoms with E-state index in [0.29, 0.717) is 0 Å². The van der Waals surface area contributed by atoms with Crippen LogP contribution < -0.4 is 5.73 Å². The summed E-state index contributed by atoms with van der Waals surface area (Å²) < 4.78 is 0. The first-order valence-electron chi connectivity index (χ1n) is 7.69. The second kappa shape index (κ2) is 6.85. The highest BCUT2D eigenvalue weighted by Gasteiger charge is 2.29. The van der Waals surface area contributed by atoms with Crippen LogP contribution >= 0.6 is 0 Å². The average Bonchev–Trinajstić information content (AvgIpc) is 2.53. The number of hydrogen-bond donors (Lipinski definition) is 1. The maximum Gasteiger partial charge on any atom is 0.220 e. The van der Waals surface area contributed by atoms with E-state index in [0.717, 1.165) is 37.9 Å². The number of ketones is 1. The molecule has 0 bridgehead atoms. The minimum Gasteiger partial charge on any atom is -0.369 e. The summed E-state index contributed by atoms with van der Waals surface area (Å²) in [4.78, 5) is 25.9. The van der Waals surface area contributed by atoms with E-state index in [-0.39, 0.29) is 23.7 Å². The molecule has 0 spiro atoms. The van der Waals surface area contributed by atoms with Gasteiger partial charge in [-0.2, -0.15) is 0 Å². The van der Waals surface area contributed by atoms with Gasteiger partial charge in [0.1, 0.15) is 0 Å². The number of piperidine rings is 1. The molecule has 0 radical (unpaired) electrons. The molecule has 1 aromatic carbocycles. The second-order valence-electron chi connectivity index (χ2n) is 5.80. The normalized spacial score (nSPS) is 18.4. The summed E-state index contributed by atoms with van der Waals surface area (Å²) in [5.41, 5.74) is 7.34. The molecule has 1 amide bonds. The van der Waals surface area contributed by atoms with Crippen LogP contribution in [0.1, 0.15) is 42.6 Å². The van der Waals surface area contributed by atoms with Crippen molar-refractivity contribution >= 4 is 11.7 Å². The molecular formula is C17H24N2O2. The fourth-order valence-electron chi connectivity index (χ4n) is 2.88. The summed E-state index contributed by atoms with van der Waals surface area (Å²) in [6.45, 7) is 5.56. The molecule has 2 N–H and O–H groups in total. The van der Waals surface area contributed by atoms with Crippen molar-refractivity contribution in [3.63, 3.8) is 0 Å². The molecule has 1 unspecified atom stereocenters. The van der Waals surface area contributed by atoms with Gasteiger partial charge in [0, 0.05) is 11.5 Å². The Balaban J connectivity index is 1.97. The Kier molecular flexibility index (Phi) is 5.12. The topological polar surface area (TPSA) is 63.4 Å². The van der Waals surface area contributed by atoms with E-state index in [1.807, 2.05) is 31.2 Å². The van der Waals surface area contributed by atoms with Crippen molar-refractivity contribution in [3.8, 4) is 0 Å². The van der Waals surface area contributed by atoms with Crippen LogP contribution in [0.15, 0.2) is 24.3 Å².